The number of rotatable bonds is 5. The molecule has 1 amide bonds. The Bertz CT molecular complexity index is 1170. The molecular weight excluding hydrogens is 387 g/mol. The number of aryl methyl sites for hydroxylation is 1. The molecular formula is C18H17FN4O4S. The molecule has 0 atom stereocenters. The first-order valence-electron chi connectivity index (χ1n) is 8.16. The summed E-state index contributed by atoms with van der Waals surface area (Å²) >= 11 is 0. The molecule has 0 fully saturated rings. The van der Waals surface area contributed by atoms with Crippen molar-refractivity contribution >= 4 is 32.5 Å². The van der Waals surface area contributed by atoms with E-state index in [-0.39, 0.29) is 21.8 Å². The van der Waals surface area contributed by atoms with Crippen LogP contribution in [-0.4, -0.2) is 42.3 Å². The first-order chi connectivity index (χ1) is 13.2. The molecule has 0 spiro atoms. The Balaban J connectivity index is 1.77. The number of nitrogens with one attached hydrogen (secondary N) is 1. The molecule has 2 aromatic carbocycles. The molecule has 0 saturated carbocycles. The summed E-state index contributed by atoms with van der Waals surface area (Å²) in [5, 5.41) is 17.2. The number of aromatic hydroxyl groups is 1. The van der Waals surface area contributed by atoms with Crippen LogP contribution >= 0.6 is 0 Å². The molecule has 0 aliphatic heterocycles. The third-order valence-corrected chi connectivity index (χ3v) is 5.88. The number of likely N-dealkylation sites (N-methyl/N-ethyl adjacent to an activating group) is 1. The second-order valence-corrected chi connectivity index (χ2v) is 8.22. The molecule has 3 aromatic rings. The number of fused-ring (bicyclic) bond motifs is 1. The molecule has 0 bridgehead atoms. The molecule has 2 N–H and O–H groups in total. The van der Waals surface area contributed by atoms with E-state index in [9.17, 15) is 22.7 Å². The van der Waals surface area contributed by atoms with Crippen molar-refractivity contribution in [2.24, 2.45) is 10.2 Å². The maximum atomic E-state index is 13.4. The number of azo groups is 1. The van der Waals surface area contributed by atoms with E-state index in [0.29, 0.717) is 5.52 Å². The molecule has 146 valence electrons. The lowest BCUT2D eigenvalue weighted by atomic mass is 10.2. The van der Waals surface area contributed by atoms with Crippen LogP contribution in [0.25, 0.3) is 10.9 Å². The third kappa shape index (κ3) is 3.92. The van der Waals surface area contributed by atoms with Crippen molar-refractivity contribution in [3.8, 4) is 5.88 Å². The Morgan fingerprint density at radius 2 is 1.89 bits per heavy atom. The molecule has 10 heteroatoms. The molecule has 0 aliphatic carbocycles. The van der Waals surface area contributed by atoms with Crippen LogP contribution in [0.15, 0.2) is 57.6 Å². The average molecular weight is 404 g/mol. The van der Waals surface area contributed by atoms with Crippen molar-refractivity contribution in [3.63, 3.8) is 0 Å². The summed E-state index contributed by atoms with van der Waals surface area (Å²) in [7, 11) is -2.61. The highest BCUT2D eigenvalue weighted by atomic mass is 32.2. The average Bonchev–Trinajstić information content (AvgIpc) is 2.94. The maximum Gasteiger partial charge on any atom is 0.279 e. The van der Waals surface area contributed by atoms with Gasteiger partial charge in [0, 0.05) is 12.4 Å². The highest BCUT2D eigenvalue weighted by Gasteiger charge is 2.23. The SMILES string of the molecule is Cc1ccc(S(=O)(=O)N(C)CC(=O)N=Nc2c(O)[nH]c3ccc(F)cc23)cc1. The molecule has 28 heavy (non-hydrogen) atoms. The van der Waals surface area contributed by atoms with E-state index in [1.54, 1.807) is 12.1 Å². The summed E-state index contributed by atoms with van der Waals surface area (Å²) in [6.07, 6.45) is 0. The van der Waals surface area contributed by atoms with Gasteiger partial charge in [0.15, 0.2) is 5.69 Å². The predicted octanol–water partition coefficient (Wildman–Crippen LogP) is 3.25. The number of benzene rings is 2. The first kappa shape index (κ1) is 19.6. The van der Waals surface area contributed by atoms with Crippen molar-refractivity contribution in [2.45, 2.75) is 11.8 Å². The highest BCUT2D eigenvalue weighted by molar-refractivity contribution is 7.89. The number of hydrogen-bond acceptors (Lipinski definition) is 5. The minimum atomic E-state index is -3.87. The highest BCUT2D eigenvalue weighted by Crippen LogP contribution is 2.35. The van der Waals surface area contributed by atoms with Crippen molar-refractivity contribution in [2.75, 3.05) is 13.6 Å². The number of sulfonamides is 1. The lowest BCUT2D eigenvalue weighted by Gasteiger charge is -2.15. The van der Waals surface area contributed by atoms with Crippen molar-refractivity contribution in [3.05, 3.63) is 53.8 Å². The molecule has 0 unspecified atom stereocenters. The smallest absolute Gasteiger partial charge is 0.279 e. The topological polar surface area (TPSA) is 115 Å². The van der Waals surface area contributed by atoms with Gasteiger partial charge in [-0.25, -0.2) is 12.8 Å². The van der Waals surface area contributed by atoms with E-state index in [4.69, 9.17) is 0 Å². The Morgan fingerprint density at radius 1 is 1.21 bits per heavy atom. The zero-order chi connectivity index (χ0) is 20.5. The molecule has 1 heterocycles. The van der Waals surface area contributed by atoms with Gasteiger partial charge >= 0.3 is 0 Å². The van der Waals surface area contributed by atoms with Gasteiger partial charge in [-0.1, -0.05) is 17.7 Å². The van der Waals surface area contributed by atoms with Gasteiger partial charge in [0.2, 0.25) is 15.9 Å². The number of carbonyl (C=O) groups is 1. The van der Waals surface area contributed by atoms with Gasteiger partial charge in [-0.3, -0.25) is 4.79 Å². The van der Waals surface area contributed by atoms with Gasteiger partial charge < -0.3 is 10.1 Å². The Hall–Kier alpha value is -3.11. The molecule has 0 saturated heterocycles. The number of aromatic amines is 1. The van der Waals surface area contributed by atoms with Gasteiger partial charge in [-0.05, 0) is 37.3 Å². The number of aromatic nitrogens is 1. The first-order valence-corrected chi connectivity index (χ1v) is 9.60. The largest absolute Gasteiger partial charge is 0.493 e. The number of carbonyl (C=O) groups excluding carboxylic acids is 1. The van der Waals surface area contributed by atoms with Crippen LogP contribution in [0.5, 0.6) is 5.88 Å². The number of halogens is 1. The van der Waals surface area contributed by atoms with Crippen molar-refractivity contribution in [1.82, 2.24) is 9.29 Å². The van der Waals surface area contributed by atoms with Crippen LogP contribution in [-0.2, 0) is 14.8 Å². The Morgan fingerprint density at radius 3 is 2.57 bits per heavy atom. The van der Waals surface area contributed by atoms with Crippen LogP contribution in [0.3, 0.4) is 0 Å². The fraction of sp³-hybridized carbons (Fsp3) is 0.167. The number of amides is 1. The summed E-state index contributed by atoms with van der Waals surface area (Å²) in [5.74, 6) is -1.76. The Kier molecular flexibility index (Phi) is 5.25. The van der Waals surface area contributed by atoms with Gasteiger partial charge in [-0.2, -0.15) is 4.31 Å². The molecule has 8 nitrogen and oxygen atoms in total. The fourth-order valence-corrected chi connectivity index (χ4v) is 3.66. The molecule has 0 radical (unpaired) electrons. The van der Waals surface area contributed by atoms with E-state index in [1.165, 1.54) is 31.3 Å². The van der Waals surface area contributed by atoms with Crippen LogP contribution in [0.1, 0.15) is 5.56 Å². The normalized spacial score (nSPS) is 12.3. The van der Waals surface area contributed by atoms with Gasteiger partial charge in [0.1, 0.15) is 5.82 Å². The molecule has 1 aromatic heterocycles. The lowest BCUT2D eigenvalue weighted by Crippen LogP contribution is -2.31. The van der Waals surface area contributed by atoms with Gasteiger partial charge in [-0.15, -0.1) is 10.2 Å². The second kappa shape index (κ2) is 7.49. The van der Waals surface area contributed by atoms with E-state index >= 15 is 0 Å². The van der Waals surface area contributed by atoms with Crippen molar-refractivity contribution in [1.29, 1.82) is 0 Å². The number of hydrogen-bond donors (Lipinski definition) is 2. The zero-order valence-corrected chi connectivity index (χ0v) is 15.9. The summed E-state index contributed by atoms with van der Waals surface area (Å²) < 4.78 is 39.2. The van der Waals surface area contributed by atoms with Crippen LogP contribution in [0.4, 0.5) is 10.1 Å². The van der Waals surface area contributed by atoms with Gasteiger partial charge in [0.05, 0.1) is 17.0 Å². The van der Waals surface area contributed by atoms with Crippen LogP contribution in [0.2, 0.25) is 0 Å². The summed E-state index contributed by atoms with van der Waals surface area (Å²) in [5.41, 5.74) is 1.22. The summed E-state index contributed by atoms with van der Waals surface area (Å²) in [6, 6.07) is 9.96. The lowest BCUT2D eigenvalue weighted by molar-refractivity contribution is -0.118. The van der Waals surface area contributed by atoms with E-state index in [0.717, 1.165) is 15.9 Å². The number of nitrogens with zero attached hydrogens (tertiary/aromatic N) is 3. The zero-order valence-electron chi connectivity index (χ0n) is 15.0. The molecule has 3 rings (SSSR count). The second-order valence-electron chi connectivity index (χ2n) is 6.18. The minimum Gasteiger partial charge on any atom is -0.493 e. The van der Waals surface area contributed by atoms with E-state index in [1.807, 2.05) is 6.92 Å². The van der Waals surface area contributed by atoms with Crippen LogP contribution < -0.4 is 0 Å². The monoisotopic (exact) mass is 404 g/mol. The van der Waals surface area contributed by atoms with E-state index in [2.05, 4.69) is 15.2 Å². The third-order valence-electron chi connectivity index (χ3n) is 4.06. The maximum absolute atomic E-state index is 13.4. The van der Waals surface area contributed by atoms with E-state index < -0.39 is 28.3 Å². The minimum absolute atomic E-state index is 0.0510. The van der Waals surface area contributed by atoms with Crippen LogP contribution in [0, 0.1) is 12.7 Å². The van der Waals surface area contributed by atoms with Crippen molar-refractivity contribution < 1.29 is 22.7 Å². The summed E-state index contributed by atoms with van der Waals surface area (Å²) in [4.78, 5) is 14.7. The summed E-state index contributed by atoms with van der Waals surface area (Å²) in [6.45, 7) is 1.28. The predicted molar refractivity (Wildman–Crippen MR) is 100 cm³/mol. The van der Waals surface area contributed by atoms with Gasteiger partial charge in [0.25, 0.3) is 5.91 Å². The number of H-pyrrole nitrogens is 1. The quantitative estimate of drug-likeness (QED) is 0.635. The fourth-order valence-electron chi connectivity index (χ4n) is 2.54. The molecule has 0 aliphatic rings. The standard InChI is InChI=1S/C18H17FN4O4S/c1-11-3-6-13(7-4-11)28(26,27)23(2)10-16(24)21-22-17-14-9-12(19)5-8-15(14)20-18(17)25/h3-9,20,25H,10H2,1-2H3. The Labute approximate surface area is 160 Å².